The second-order valence-corrected chi connectivity index (χ2v) is 6.41. The van der Waals surface area contributed by atoms with E-state index in [2.05, 4.69) is 26.9 Å². The lowest BCUT2D eigenvalue weighted by Crippen LogP contribution is -2.37. The van der Waals surface area contributed by atoms with Crippen LogP contribution in [-0.2, 0) is 13.0 Å². The van der Waals surface area contributed by atoms with Gasteiger partial charge in [0.1, 0.15) is 11.5 Å². The number of nitrogens with one attached hydrogen (secondary N) is 2. The van der Waals surface area contributed by atoms with Crippen molar-refractivity contribution in [3.8, 4) is 17.2 Å². The number of methoxy groups -OCH3 is 2. The molecule has 0 fully saturated rings. The second-order valence-electron chi connectivity index (χ2n) is 6.41. The highest BCUT2D eigenvalue weighted by Gasteiger charge is 2.07. The van der Waals surface area contributed by atoms with Gasteiger partial charge in [0, 0.05) is 38.0 Å². The van der Waals surface area contributed by atoms with E-state index in [-0.39, 0.29) is 0 Å². The van der Waals surface area contributed by atoms with Crippen LogP contribution in [-0.4, -0.2) is 43.6 Å². The molecule has 29 heavy (non-hydrogen) atoms. The van der Waals surface area contributed by atoms with Gasteiger partial charge in [0.05, 0.1) is 26.1 Å². The van der Waals surface area contributed by atoms with Gasteiger partial charge in [-0.05, 0) is 36.2 Å². The highest BCUT2D eigenvalue weighted by Crippen LogP contribution is 2.24. The van der Waals surface area contributed by atoms with E-state index < -0.39 is 0 Å². The zero-order valence-corrected chi connectivity index (χ0v) is 17.1. The Labute approximate surface area is 171 Å². The first-order chi connectivity index (χ1) is 14.2. The third kappa shape index (κ3) is 5.51. The lowest BCUT2D eigenvalue weighted by Gasteiger charge is -2.14. The SMILES string of the molecule is CN=C(NCCc1cnn(-c2ccccc2)c1)NCc1ccc(OC)cc1OC. The molecule has 0 unspecified atom stereocenters. The molecule has 0 aliphatic rings. The molecule has 3 aromatic rings. The van der Waals surface area contributed by atoms with Gasteiger partial charge >= 0.3 is 0 Å². The molecule has 2 N–H and O–H groups in total. The summed E-state index contributed by atoms with van der Waals surface area (Å²) in [7, 11) is 5.05. The van der Waals surface area contributed by atoms with Crippen molar-refractivity contribution in [3.63, 3.8) is 0 Å². The Hall–Kier alpha value is -3.48. The molecule has 0 amide bonds. The van der Waals surface area contributed by atoms with Crippen LogP contribution in [0.15, 0.2) is 65.9 Å². The summed E-state index contributed by atoms with van der Waals surface area (Å²) in [6, 6.07) is 15.9. The molecule has 7 nitrogen and oxygen atoms in total. The largest absolute Gasteiger partial charge is 0.497 e. The van der Waals surface area contributed by atoms with Gasteiger partial charge in [-0.25, -0.2) is 4.68 Å². The van der Waals surface area contributed by atoms with Crippen molar-refractivity contribution in [2.24, 2.45) is 4.99 Å². The number of benzene rings is 2. The smallest absolute Gasteiger partial charge is 0.191 e. The van der Waals surface area contributed by atoms with Crippen LogP contribution in [0.5, 0.6) is 11.5 Å². The predicted octanol–water partition coefficient (Wildman–Crippen LogP) is 2.80. The third-order valence-corrected chi connectivity index (χ3v) is 4.53. The molecular weight excluding hydrogens is 366 g/mol. The minimum atomic E-state index is 0.596. The van der Waals surface area contributed by atoms with Crippen molar-refractivity contribution in [2.45, 2.75) is 13.0 Å². The molecule has 7 heteroatoms. The molecule has 0 spiro atoms. The molecule has 0 aliphatic carbocycles. The molecule has 3 rings (SSSR count). The molecule has 0 bridgehead atoms. The lowest BCUT2D eigenvalue weighted by molar-refractivity contribution is 0.390. The van der Waals surface area contributed by atoms with Gasteiger partial charge in [0.2, 0.25) is 0 Å². The molecule has 0 saturated heterocycles. The summed E-state index contributed by atoms with van der Waals surface area (Å²) < 4.78 is 12.6. The highest BCUT2D eigenvalue weighted by molar-refractivity contribution is 5.79. The van der Waals surface area contributed by atoms with Crippen molar-refractivity contribution in [2.75, 3.05) is 27.8 Å². The normalized spacial score (nSPS) is 11.2. The number of rotatable bonds is 8. The van der Waals surface area contributed by atoms with Gasteiger partial charge in [-0.1, -0.05) is 18.2 Å². The molecule has 0 saturated carbocycles. The van der Waals surface area contributed by atoms with E-state index in [4.69, 9.17) is 9.47 Å². The van der Waals surface area contributed by atoms with Crippen LogP contribution < -0.4 is 20.1 Å². The number of hydrogen-bond acceptors (Lipinski definition) is 4. The second kappa shape index (κ2) is 10.2. The lowest BCUT2D eigenvalue weighted by atomic mass is 10.2. The Morgan fingerprint density at radius 1 is 1.07 bits per heavy atom. The first kappa shape index (κ1) is 20.3. The molecular formula is C22H27N5O2. The fourth-order valence-corrected chi connectivity index (χ4v) is 2.93. The molecule has 0 radical (unpaired) electrons. The van der Waals surface area contributed by atoms with Gasteiger partial charge in [0.15, 0.2) is 5.96 Å². The minimum absolute atomic E-state index is 0.596. The quantitative estimate of drug-likeness (QED) is 0.455. The highest BCUT2D eigenvalue weighted by atomic mass is 16.5. The number of guanidine groups is 1. The van der Waals surface area contributed by atoms with Gasteiger partial charge < -0.3 is 20.1 Å². The van der Waals surface area contributed by atoms with Crippen LogP contribution in [0.4, 0.5) is 0 Å². The molecule has 2 aromatic carbocycles. The van der Waals surface area contributed by atoms with Crippen LogP contribution in [0.2, 0.25) is 0 Å². The predicted molar refractivity (Wildman–Crippen MR) is 115 cm³/mol. The maximum absolute atomic E-state index is 5.44. The zero-order chi connectivity index (χ0) is 20.5. The first-order valence-electron chi connectivity index (χ1n) is 9.48. The molecule has 0 atom stereocenters. The van der Waals surface area contributed by atoms with Crippen LogP contribution in [0.3, 0.4) is 0 Å². The Morgan fingerprint density at radius 2 is 1.90 bits per heavy atom. The van der Waals surface area contributed by atoms with Crippen molar-refractivity contribution >= 4 is 5.96 Å². The fraction of sp³-hybridized carbons (Fsp3) is 0.273. The number of ether oxygens (including phenoxy) is 2. The van der Waals surface area contributed by atoms with E-state index in [0.29, 0.717) is 6.54 Å². The average Bonchev–Trinajstić information content (AvgIpc) is 3.25. The number of hydrogen-bond donors (Lipinski definition) is 2. The Bertz CT molecular complexity index is 937. The Kier molecular flexibility index (Phi) is 7.10. The van der Waals surface area contributed by atoms with Gasteiger partial charge in [-0.2, -0.15) is 5.10 Å². The van der Waals surface area contributed by atoms with Gasteiger partial charge in [-0.15, -0.1) is 0 Å². The summed E-state index contributed by atoms with van der Waals surface area (Å²) in [5.74, 6) is 2.28. The van der Waals surface area contributed by atoms with E-state index in [9.17, 15) is 0 Å². The van der Waals surface area contributed by atoms with Crippen LogP contribution in [0.1, 0.15) is 11.1 Å². The molecule has 1 aromatic heterocycles. The summed E-state index contributed by atoms with van der Waals surface area (Å²) in [5, 5.41) is 11.1. The molecule has 1 heterocycles. The summed E-state index contributed by atoms with van der Waals surface area (Å²) in [6.45, 7) is 1.35. The Morgan fingerprint density at radius 3 is 2.62 bits per heavy atom. The van der Waals surface area contributed by atoms with E-state index in [0.717, 1.165) is 47.2 Å². The average molecular weight is 393 g/mol. The monoisotopic (exact) mass is 393 g/mol. The standard InChI is InChI=1S/C22H27N5O2/c1-23-22(25-15-18-9-10-20(28-2)13-21(18)29-3)24-12-11-17-14-26-27(16-17)19-7-5-4-6-8-19/h4-10,13-14,16H,11-12,15H2,1-3H3,(H2,23,24,25). The zero-order valence-electron chi connectivity index (χ0n) is 17.1. The minimum Gasteiger partial charge on any atom is -0.497 e. The molecule has 0 aliphatic heterocycles. The molecule has 152 valence electrons. The Balaban J connectivity index is 1.50. The van der Waals surface area contributed by atoms with E-state index in [1.165, 1.54) is 0 Å². The van der Waals surface area contributed by atoms with Crippen molar-refractivity contribution < 1.29 is 9.47 Å². The summed E-state index contributed by atoms with van der Waals surface area (Å²) >= 11 is 0. The summed E-state index contributed by atoms with van der Waals surface area (Å²) in [5.41, 5.74) is 3.24. The number of aliphatic imine (C=N–C) groups is 1. The number of aromatic nitrogens is 2. The van der Waals surface area contributed by atoms with Crippen LogP contribution in [0.25, 0.3) is 5.69 Å². The first-order valence-corrected chi connectivity index (χ1v) is 9.48. The van der Waals surface area contributed by atoms with Gasteiger partial charge in [-0.3, -0.25) is 4.99 Å². The summed E-state index contributed by atoms with van der Waals surface area (Å²) in [6.07, 6.45) is 4.79. The van der Waals surface area contributed by atoms with E-state index in [1.54, 1.807) is 21.3 Å². The van der Waals surface area contributed by atoms with E-state index in [1.807, 2.05) is 59.4 Å². The topological polar surface area (TPSA) is 72.7 Å². The van der Waals surface area contributed by atoms with Crippen molar-refractivity contribution in [3.05, 3.63) is 72.1 Å². The third-order valence-electron chi connectivity index (χ3n) is 4.53. The summed E-state index contributed by atoms with van der Waals surface area (Å²) in [4.78, 5) is 4.28. The number of nitrogens with zero attached hydrogens (tertiary/aromatic N) is 3. The maximum atomic E-state index is 5.44. The maximum Gasteiger partial charge on any atom is 0.191 e. The van der Waals surface area contributed by atoms with E-state index >= 15 is 0 Å². The number of para-hydroxylation sites is 1. The van der Waals surface area contributed by atoms with Crippen LogP contribution >= 0.6 is 0 Å². The van der Waals surface area contributed by atoms with Gasteiger partial charge in [0.25, 0.3) is 0 Å². The van der Waals surface area contributed by atoms with Crippen molar-refractivity contribution in [1.82, 2.24) is 20.4 Å². The van der Waals surface area contributed by atoms with Crippen molar-refractivity contribution in [1.29, 1.82) is 0 Å². The fourth-order valence-electron chi connectivity index (χ4n) is 2.93. The van der Waals surface area contributed by atoms with Crippen LogP contribution in [0, 0.1) is 0 Å².